The number of rotatable bonds is 9. The quantitative estimate of drug-likeness (QED) is 0.596. The van der Waals surface area contributed by atoms with E-state index in [0.717, 1.165) is 45.3 Å². The summed E-state index contributed by atoms with van der Waals surface area (Å²) in [6.07, 6.45) is 4.98. The van der Waals surface area contributed by atoms with Gasteiger partial charge in [-0.2, -0.15) is 0 Å². The number of hydrogen-bond donors (Lipinski definition) is 2. The van der Waals surface area contributed by atoms with Crippen LogP contribution >= 0.6 is 0 Å². The molecule has 18 heavy (non-hydrogen) atoms. The zero-order valence-electron chi connectivity index (χ0n) is 11.3. The lowest BCUT2D eigenvalue weighted by Gasteiger charge is -2.27. The van der Waals surface area contributed by atoms with E-state index < -0.39 is 0 Å². The van der Waals surface area contributed by atoms with Crippen LogP contribution in [-0.2, 0) is 14.3 Å². The summed E-state index contributed by atoms with van der Waals surface area (Å²) in [4.78, 5) is 11.0. The average Bonchev–Trinajstić information content (AvgIpc) is 2.38. The maximum absolute atomic E-state index is 11.0. The molecule has 0 saturated heterocycles. The minimum Gasteiger partial charge on any atom is -0.382 e. The Kier molecular flexibility index (Phi) is 7.96. The second-order valence-corrected chi connectivity index (χ2v) is 4.86. The lowest BCUT2D eigenvalue weighted by atomic mass is 9.85. The maximum Gasteiger partial charge on any atom is 0.220 e. The topological polar surface area (TPSA) is 73.6 Å². The van der Waals surface area contributed by atoms with Crippen molar-refractivity contribution in [2.75, 3.05) is 33.5 Å². The zero-order chi connectivity index (χ0) is 13.2. The standard InChI is InChI=1S/C13H26N2O3/c1-17-9-10-18-8-2-7-15-12-5-3-11(4-6-12)13(14)16/h11-12,15H,2-10H2,1H3,(H2,14,16). The Bertz CT molecular complexity index is 228. The Labute approximate surface area is 109 Å². The van der Waals surface area contributed by atoms with Gasteiger partial charge in [0, 0.05) is 25.7 Å². The highest BCUT2D eigenvalue weighted by Crippen LogP contribution is 2.23. The highest BCUT2D eigenvalue weighted by Gasteiger charge is 2.23. The first-order valence-corrected chi connectivity index (χ1v) is 6.83. The van der Waals surface area contributed by atoms with Gasteiger partial charge in [0.2, 0.25) is 5.91 Å². The number of carbonyl (C=O) groups excluding carboxylic acids is 1. The first-order chi connectivity index (χ1) is 8.74. The number of ether oxygens (including phenoxy) is 2. The molecule has 1 aliphatic carbocycles. The van der Waals surface area contributed by atoms with Crippen LogP contribution < -0.4 is 11.1 Å². The van der Waals surface area contributed by atoms with Gasteiger partial charge in [0.25, 0.3) is 0 Å². The molecule has 0 bridgehead atoms. The van der Waals surface area contributed by atoms with E-state index in [0.29, 0.717) is 19.3 Å². The van der Waals surface area contributed by atoms with E-state index in [-0.39, 0.29) is 11.8 Å². The van der Waals surface area contributed by atoms with Gasteiger partial charge in [-0.25, -0.2) is 0 Å². The molecule has 0 heterocycles. The molecule has 5 nitrogen and oxygen atoms in total. The molecule has 0 aromatic rings. The Hall–Kier alpha value is -0.650. The molecule has 5 heteroatoms. The molecule has 0 unspecified atom stereocenters. The molecule has 0 spiro atoms. The summed E-state index contributed by atoms with van der Waals surface area (Å²) >= 11 is 0. The molecule has 1 rings (SSSR count). The fourth-order valence-corrected chi connectivity index (χ4v) is 2.31. The molecule has 106 valence electrons. The molecule has 0 atom stereocenters. The lowest BCUT2D eigenvalue weighted by molar-refractivity contribution is -0.122. The van der Waals surface area contributed by atoms with Crippen LogP contribution in [-0.4, -0.2) is 45.4 Å². The van der Waals surface area contributed by atoms with E-state index in [1.54, 1.807) is 7.11 Å². The van der Waals surface area contributed by atoms with Crippen molar-refractivity contribution in [2.24, 2.45) is 11.7 Å². The van der Waals surface area contributed by atoms with Crippen LogP contribution in [0.25, 0.3) is 0 Å². The number of nitrogens with one attached hydrogen (secondary N) is 1. The summed E-state index contributed by atoms with van der Waals surface area (Å²) in [7, 11) is 1.67. The molecule has 1 aliphatic rings. The third-order valence-corrected chi connectivity index (χ3v) is 3.46. The Morgan fingerprint density at radius 2 is 1.94 bits per heavy atom. The molecular formula is C13H26N2O3. The van der Waals surface area contributed by atoms with Crippen LogP contribution in [0.3, 0.4) is 0 Å². The normalized spacial score (nSPS) is 24.1. The Morgan fingerprint density at radius 3 is 2.56 bits per heavy atom. The predicted octanol–water partition coefficient (Wildman–Crippen LogP) is 0.673. The van der Waals surface area contributed by atoms with Crippen LogP contribution in [0.5, 0.6) is 0 Å². The summed E-state index contributed by atoms with van der Waals surface area (Å²) in [5, 5.41) is 3.51. The van der Waals surface area contributed by atoms with Crippen molar-refractivity contribution >= 4 is 5.91 Å². The summed E-state index contributed by atoms with van der Waals surface area (Å²) in [6.45, 7) is 3.07. The van der Waals surface area contributed by atoms with Gasteiger partial charge in [-0.3, -0.25) is 4.79 Å². The molecule has 3 N–H and O–H groups in total. The number of primary amides is 1. The van der Waals surface area contributed by atoms with Gasteiger partial charge in [0.15, 0.2) is 0 Å². The van der Waals surface area contributed by atoms with E-state index in [9.17, 15) is 4.79 Å². The SMILES string of the molecule is COCCOCCCNC1CCC(C(N)=O)CC1. The van der Waals surface area contributed by atoms with E-state index in [1.807, 2.05) is 0 Å². The van der Waals surface area contributed by atoms with Gasteiger partial charge < -0.3 is 20.5 Å². The Morgan fingerprint density at radius 1 is 1.22 bits per heavy atom. The molecule has 0 radical (unpaired) electrons. The third-order valence-electron chi connectivity index (χ3n) is 3.46. The van der Waals surface area contributed by atoms with Crippen molar-refractivity contribution in [3.63, 3.8) is 0 Å². The first-order valence-electron chi connectivity index (χ1n) is 6.83. The van der Waals surface area contributed by atoms with Crippen molar-refractivity contribution in [1.29, 1.82) is 0 Å². The molecule has 1 saturated carbocycles. The van der Waals surface area contributed by atoms with E-state index in [4.69, 9.17) is 15.2 Å². The van der Waals surface area contributed by atoms with Gasteiger partial charge in [0.05, 0.1) is 13.2 Å². The number of amides is 1. The summed E-state index contributed by atoms with van der Waals surface area (Å²) in [5.41, 5.74) is 5.31. The van der Waals surface area contributed by atoms with E-state index >= 15 is 0 Å². The highest BCUT2D eigenvalue weighted by molar-refractivity contribution is 5.76. The fraction of sp³-hybridized carbons (Fsp3) is 0.923. The van der Waals surface area contributed by atoms with Gasteiger partial charge >= 0.3 is 0 Å². The predicted molar refractivity (Wildman–Crippen MR) is 70.3 cm³/mol. The fourth-order valence-electron chi connectivity index (χ4n) is 2.31. The van der Waals surface area contributed by atoms with Crippen molar-refractivity contribution in [3.05, 3.63) is 0 Å². The second-order valence-electron chi connectivity index (χ2n) is 4.86. The summed E-state index contributed by atoms with van der Waals surface area (Å²) in [5.74, 6) is -0.0413. The molecule has 1 fully saturated rings. The number of methoxy groups -OCH3 is 1. The highest BCUT2D eigenvalue weighted by atomic mass is 16.5. The third kappa shape index (κ3) is 6.33. The lowest BCUT2D eigenvalue weighted by Crippen LogP contribution is -2.37. The second kappa shape index (κ2) is 9.30. The first kappa shape index (κ1) is 15.4. The van der Waals surface area contributed by atoms with Gasteiger partial charge in [-0.1, -0.05) is 0 Å². The van der Waals surface area contributed by atoms with E-state index in [1.165, 1.54) is 0 Å². The van der Waals surface area contributed by atoms with Gasteiger partial charge in [0.1, 0.15) is 0 Å². The monoisotopic (exact) mass is 258 g/mol. The van der Waals surface area contributed by atoms with Crippen LogP contribution in [0.1, 0.15) is 32.1 Å². The molecule has 0 aromatic heterocycles. The van der Waals surface area contributed by atoms with Crippen LogP contribution in [0, 0.1) is 5.92 Å². The smallest absolute Gasteiger partial charge is 0.220 e. The molecule has 1 amide bonds. The number of nitrogens with two attached hydrogens (primary N) is 1. The molecule has 0 aromatic carbocycles. The Balaban J connectivity index is 1.93. The zero-order valence-corrected chi connectivity index (χ0v) is 11.3. The number of carbonyl (C=O) groups is 1. The van der Waals surface area contributed by atoms with Crippen LogP contribution in [0.4, 0.5) is 0 Å². The van der Waals surface area contributed by atoms with Crippen molar-refractivity contribution in [2.45, 2.75) is 38.1 Å². The van der Waals surface area contributed by atoms with Crippen molar-refractivity contribution < 1.29 is 14.3 Å². The van der Waals surface area contributed by atoms with Gasteiger partial charge in [-0.05, 0) is 38.6 Å². The van der Waals surface area contributed by atoms with Gasteiger partial charge in [-0.15, -0.1) is 0 Å². The minimum atomic E-state index is -0.139. The van der Waals surface area contributed by atoms with Crippen LogP contribution in [0.15, 0.2) is 0 Å². The van der Waals surface area contributed by atoms with E-state index in [2.05, 4.69) is 5.32 Å². The molecule has 0 aliphatic heterocycles. The average molecular weight is 258 g/mol. The molecular weight excluding hydrogens is 232 g/mol. The van der Waals surface area contributed by atoms with Crippen molar-refractivity contribution in [1.82, 2.24) is 5.32 Å². The largest absolute Gasteiger partial charge is 0.382 e. The van der Waals surface area contributed by atoms with Crippen molar-refractivity contribution in [3.8, 4) is 0 Å². The minimum absolute atomic E-state index is 0.0976. The number of hydrogen-bond acceptors (Lipinski definition) is 4. The maximum atomic E-state index is 11.0. The summed E-state index contributed by atoms with van der Waals surface area (Å²) < 4.78 is 10.3. The summed E-state index contributed by atoms with van der Waals surface area (Å²) in [6, 6.07) is 0.541. The van der Waals surface area contributed by atoms with Crippen LogP contribution in [0.2, 0.25) is 0 Å².